The fourth-order valence-corrected chi connectivity index (χ4v) is 1.79. The maximum atomic E-state index is 10.5. The zero-order chi connectivity index (χ0) is 14.7. The Morgan fingerprint density at radius 1 is 1.33 bits per heavy atom. The second kappa shape index (κ2) is 5.45. The molecule has 0 aliphatic carbocycles. The van der Waals surface area contributed by atoms with Gasteiger partial charge in [-0.1, -0.05) is 0 Å². The molecular weight excluding hydrogens is 274 g/mol. The van der Waals surface area contributed by atoms with Crippen LogP contribution in [0.5, 0.6) is 0 Å². The van der Waals surface area contributed by atoms with Gasteiger partial charge < -0.3 is 9.73 Å². The van der Waals surface area contributed by atoms with Crippen LogP contribution >= 0.6 is 0 Å². The average molecular weight is 285 g/mol. The molecule has 0 atom stereocenters. The number of nitrogens with zero attached hydrogens (tertiary/aromatic N) is 4. The molecule has 0 amide bonds. The van der Waals surface area contributed by atoms with Gasteiger partial charge >= 0.3 is 5.88 Å². The SMILES string of the molecule is O=[N+]([O-])c1ccc(CNc2ccc(-n3ccnc3)nc2)o1. The van der Waals surface area contributed by atoms with Crippen molar-refractivity contribution in [3.05, 3.63) is 65.1 Å². The minimum absolute atomic E-state index is 0.264. The molecule has 8 heteroatoms. The second-order valence-corrected chi connectivity index (χ2v) is 4.23. The molecule has 106 valence electrons. The van der Waals surface area contributed by atoms with E-state index in [1.165, 1.54) is 6.07 Å². The number of anilines is 1. The summed E-state index contributed by atoms with van der Waals surface area (Å²) in [4.78, 5) is 18.2. The van der Waals surface area contributed by atoms with Crippen LogP contribution in [0.4, 0.5) is 11.6 Å². The maximum Gasteiger partial charge on any atom is 0.433 e. The number of furan rings is 1. The van der Waals surface area contributed by atoms with Gasteiger partial charge in [-0.3, -0.25) is 14.7 Å². The number of hydrogen-bond donors (Lipinski definition) is 1. The number of rotatable bonds is 5. The van der Waals surface area contributed by atoms with Crippen LogP contribution in [0.1, 0.15) is 5.76 Å². The summed E-state index contributed by atoms with van der Waals surface area (Å²) < 4.78 is 6.85. The number of hydrogen-bond acceptors (Lipinski definition) is 6. The van der Waals surface area contributed by atoms with Crippen molar-refractivity contribution >= 4 is 11.6 Å². The molecule has 3 aromatic rings. The monoisotopic (exact) mass is 285 g/mol. The summed E-state index contributed by atoms with van der Waals surface area (Å²) in [7, 11) is 0. The van der Waals surface area contributed by atoms with Crippen molar-refractivity contribution in [3.63, 3.8) is 0 Å². The van der Waals surface area contributed by atoms with E-state index < -0.39 is 4.92 Å². The Kier molecular flexibility index (Phi) is 3.34. The average Bonchev–Trinajstić information content (AvgIpc) is 3.17. The van der Waals surface area contributed by atoms with E-state index in [1.807, 2.05) is 12.1 Å². The highest BCUT2D eigenvalue weighted by atomic mass is 16.6. The van der Waals surface area contributed by atoms with E-state index in [0.717, 1.165) is 11.5 Å². The van der Waals surface area contributed by atoms with Crippen molar-refractivity contribution < 1.29 is 9.34 Å². The van der Waals surface area contributed by atoms with E-state index in [-0.39, 0.29) is 5.88 Å². The second-order valence-electron chi connectivity index (χ2n) is 4.23. The number of aromatic nitrogens is 3. The van der Waals surface area contributed by atoms with Crippen LogP contribution in [0.15, 0.2) is 53.6 Å². The summed E-state index contributed by atoms with van der Waals surface area (Å²) in [6.45, 7) is 0.347. The molecule has 0 unspecified atom stereocenters. The molecule has 0 fully saturated rings. The Balaban J connectivity index is 1.64. The molecule has 0 radical (unpaired) electrons. The van der Waals surface area contributed by atoms with Gasteiger partial charge in [0.05, 0.1) is 24.5 Å². The molecule has 0 aliphatic rings. The highest BCUT2D eigenvalue weighted by Gasteiger charge is 2.11. The van der Waals surface area contributed by atoms with Crippen LogP contribution in [0.25, 0.3) is 5.82 Å². The Morgan fingerprint density at radius 2 is 2.24 bits per heavy atom. The Labute approximate surface area is 119 Å². The molecule has 0 saturated carbocycles. The van der Waals surface area contributed by atoms with Gasteiger partial charge in [-0.05, 0) is 18.2 Å². The summed E-state index contributed by atoms with van der Waals surface area (Å²) >= 11 is 0. The zero-order valence-electron chi connectivity index (χ0n) is 10.8. The summed E-state index contributed by atoms with van der Waals surface area (Å²) in [5.41, 5.74) is 0.790. The van der Waals surface area contributed by atoms with E-state index in [9.17, 15) is 10.1 Å². The van der Waals surface area contributed by atoms with Crippen LogP contribution in [0.3, 0.4) is 0 Å². The molecule has 0 saturated heterocycles. The van der Waals surface area contributed by atoms with Crippen molar-refractivity contribution in [3.8, 4) is 5.82 Å². The third-order valence-corrected chi connectivity index (χ3v) is 2.81. The molecule has 3 rings (SSSR count). The standard InChI is InChI=1S/C13H11N5O3/c19-18(20)13-4-2-11(21-13)8-15-10-1-3-12(16-7-10)17-6-5-14-9-17/h1-7,9,15H,8H2. The Bertz CT molecular complexity index is 734. The van der Waals surface area contributed by atoms with Crippen molar-refractivity contribution in [1.82, 2.24) is 14.5 Å². The van der Waals surface area contributed by atoms with Gasteiger partial charge in [0.2, 0.25) is 0 Å². The smallest absolute Gasteiger partial charge is 0.404 e. The third kappa shape index (κ3) is 2.89. The molecule has 0 bridgehead atoms. The third-order valence-electron chi connectivity index (χ3n) is 2.81. The molecule has 21 heavy (non-hydrogen) atoms. The lowest BCUT2D eigenvalue weighted by atomic mass is 10.3. The van der Waals surface area contributed by atoms with Crippen molar-refractivity contribution in [2.24, 2.45) is 0 Å². The highest BCUT2D eigenvalue weighted by Crippen LogP contribution is 2.17. The lowest BCUT2D eigenvalue weighted by Gasteiger charge is -2.05. The highest BCUT2D eigenvalue weighted by molar-refractivity contribution is 5.43. The normalized spacial score (nSPS) is 10.5. The first-order valence-electron chi connectivity index (χ1n) is 6.14. The van der Waals surface area contributed by atoms with Crippen LogP contribution in [-0.2, 0) is 6.54 Å². The number of pyridine rings is 1. The molecular formula is C13H11N5O3. The Morgan fingerprint density at radius 3 is 2.86 bits per heavy atom. The molecule has 3 heterocycles. The van der Waals surface area contributed by atoms with Gasteiger partial charge in [0.15, 0.2) is 0 Å². The quantitative estimate of drug-likeness (QED) is 0.570. The van der Waals surface area contributed by atoms with Gasteiger partial charge in [-0.15, -0.1) is 0 Å². The first kappa shape index (κ1) is 12.9. The predicted octanol–water partition coefficient (Wildman–Crippen LogP) is 2.38. The van der Waals surface area contributed by atoms with Crippen molar-refractivity contribution in [2.45, 2.75) is 6.54 Å². The molecule has 0 spiro atoms. The lowest BCUT2D eigenvalue weighted by molar-refractivity contribution is -0.402. The topological polar surface area (TPSA) is 99.0 Å². The van der Waals surface area contributed by atoms with Gasteiger partial charge in [-0.2, -0.15) is 0 Å². The summed E-state index contributed by atoms with van der Waals surface area (Å²) in [5.74, 6) is 0.979. The van der Waals surface area contributed by atoms with Gasteiger partial charge in [0, 0.05) is 12.4 Å². The fourth-order valence-electron chi connectivity index (χ4n) is 1.79. The molecule has 8 nitrogen and oxygen atoms in total. The van der Waals surface area contributed by atoms with Gasteiger partial charge in [-0.25, -0.2) is 9.97 Å². The zero-order valence-corrected chi connectivity index (χ0v) is 10.8. The molecule has 0 aromatic carbocycles. The number of nitro groups is 1. The largest absolute Gasteiger partial charge is 0.433 e. The van der Waals surface area contributed by atoms with Gasteiger partial charge in [0.1, 0.15) is 22.8 Å². The summed E-state index contributed by atoms with van der Waals surface area (Å²) in [6.07, 6.45) is 6.82. The van der Waals surface area contributed by atoms with E-state index in [2.05, 4.69) is 15.3 Å². The first-order valence-corrected chi connectivity index (χ1v) is 6.14. The predicted molar refractivity (Wildman–Crippen MR) is 74.0 cm³/mol. The molecule has 1 N–H and O–H groups in total. The molecule has 3 aromatic heterocycles. The molecule has 0 aliphatic heterocycles. The van der Waals surface area contributed by atoms with Crippen LogP contribution in [0, 0.1) is 10.1 Å². The maximum absolute atomic E-state index is 10.5. The number of nitrogens with one attached hydrogen (secondary N) is 1. The van der Waals surface area contributed by atoms with E-state index in [4.69, 9.17) is 4.42 Å². The summed E-state index contributed by atoms with van der Waals surface area (Å²) in [5, 5.41) is 13.6. The van der Waals surface area contributed by atoms with E-state index in [1.54, 1.807) is 35.6 Å². The van der Waals surface area contributed by atoms with Crippen LogP contribution < -0.4 is 5.32 Å². The first-order chi connectivity index (χ1) is 10.2. The van der Waals surface area contributed by atoms with E-state index in [0.29, 0.717) is 12.3 Å². The lowest BCUT2D eigenvalue weighted by Crippen LogP contribution is -2.00. The van der Waals surface area contributed by atoms with Crippen molar-refractivity contribution in [1.29, 1.82) is 0 Å². The number of imidazole rings is 1. The van der Waals surface area contributed by atoms with Crippen LogP contribution in [0.2, 0.25) is 0 Å². The summed E-state index contributed by atoms with van der Waals surface area (Å²) in [6, 6.07) is 6.60. The fraction of sp³-hybridized carbons (Fsp3) is 0.0769. The van der Waals surface area contributed by atoms with E-state index >= 15 is 0 Å². The minimum Gasteiger partial charge on any atom is -0.404 e. The van der Waals surface area contributed by atoms with Gasteiger partial charge in [0.25, 0.3) is 0 Å². The minimum atomic E-state index is -0.565. The van der Waals surface area contributed by atoms with Crippen LogP contribution in [-0.4, -0.2) is 19.5 Å². The van der Waals surface area contributed by atoms with Crippen molar-refractivity contribution in [2.75, 3.05) is 5.32 Å². The Hall–Kier alpha value is -3.16.